The number of carbonyl (C=O) groups is 2. The minimum atomic E-state index is -0.392. The van der Waals surface area contributed by atoms with Crippen molar-refractivity contribution in [3.8, 4) is 17.2 Å². The normalized spacial score (nSPS) is 11.9. The number of rotatable bonds is 10. The van der Waals surface area contributed by atoms with Crippen LogP contribution in [0.3, 0.4) is 0 Å². The van der Waals surface area contributed by atoms with Gasteiger partial charge < -0.3 is 24.8 Å². The summed E-state index contributed by atoms with van der Waals surface area (Å²) in [6, 6.07) is 15.7. The molecule has 2 N–H and O–H groups in total. The Labute approximate surface area is 203 Å². The first-order valence-electron chi connectivity index (χ1n) is 10.7. The Bertz CT molecular complexity index is 1140. The molecule has 3 aromatic rings. The third-order valence-corrected chi connectivity index (χ3v) is 6.02. The van der Waals surface area contributed by atoms with Gasteiger partial charge in [0.25, 0.3) is 11.8 Å². The monoisotopic (exact) mass is 480 g/mol. The summed E-state index contributed by atoms with van der Waals surface area (Å²) >= 11 is 1.47. The minimum absolute atomic E-state index is 0.155. The van der Waals surface area contributed by atoms with Gasteiger partial charge in [-0.2, -0.15) is 0 Å². The minimum Gasteiger partial charge on any atom is -0.497 e. The van der Waals surface area contributed by atoms with Crippen LogP contribution in [0, 0.1) is 0 Å². The molecule has 7 nitrogen and oxygen atoms in total. The summed E-state index contributed by atoms with van der Waals surface area (Å²) in [7, 11) is 4.70. The highest BCUT2D eigenvalue weighted by atomic mass is 32.1. The van der Waals surface area contributed by atoms with E-state index in [1.165, 1.54) is 11.3 Å². The Kier molecular flexibility index (Phi) is 8.70. The van der Waals surface area contributed by atoms with Crippen molar-refractivity contribution in [2.75, 3.05) is 21.3 Å². The standard InChI is InChI=1S/C26H28N2O5S/c1-5-21(18-10-13-23(32-3)24(15-18)33-4)27-26(30)22(16-20-7-6-14-34-20)28-25(29)17-8-11-19(31-2)12-9-17/h6-16,21H,5H2,1-4H3,(H,27,30)(H,28,29)/b22-16-/t21-/m0/s1. The molecule has 1 atom stereocenters. The van der Waals surface area contributed by atoms with E-state index in [1.807, 2.05) is 36.6 Å². The number of thiophene rings is 1. The molecule has 0 aliphatic carbocycles. The van der Waals surface area contributed by atoms with Gasteiger partial charge in [0, 0.05) is 10.4 Å². The zero-order chi connectivity index (χ0) is 24.5. The van der Waals surface area contributed by atoms with Gasteiger partial charge in [-0.1, -0.05) is 19.1 Å². The summed E-state index contributed by atoms with van der Waals surface area (Å²) in [4.78, 5) is 27.0. The number of benzene rings is 2. The zero-order valence-electron chi connectivity index (χ0n) is 19.6. The highest BCUT2D eigenvalue weighted by Crippen LogP contribution is 2.31. The molecular weight excluding hydrogens is 452 g/mol. The Hall–Kier alpha value is -3.78. The van der Waals surface area contributed by atoms with Gasteiger partial charge in [-0.25, -0.2) is 0 Å². The predicted molar refractivity (Wildman–Crippen MR) is 133 cm³/mol. The average Bonchev–Trinajstić information content (AvgIpc) is 3.39. The van der Waals surface area contributed by atoms with Crippen LogP contribution in [0.1, 0.15) is 40.2 Å². The number of carbonyl (C=O) groups excluding carboxylic acids is 2. The van der Waals surface area contributed by atoms with Crippen molar-refractivity contribution in [1.82, 2.24) is 10.6 Å². The van der Waals surface area contributed by atoms with Gasteiger partial charge in [0.05, 0.1) is 27.4 Å². The van der Waals surface area contributed by atoms with Crippen molar-refractivity contribution < 1.29 is 23.8 Å². The average molecular weight is 481 g/mol. The second-order valence-electron chi connectivity index (χ2n) is 7.30. The summed E-state index contributed by atoms with van der Waals surface area (Å²) in [6.07, 6.45) is 2.31. The smallest absolute Gasteiger partial charge is 0.268 e. The highest BCUT2D eigenvalue weighted by molar-refractivity contribution is 7.10. The van der Waals surface area contributed by atoms with Crippen LogP contribution in [0.2, 0.25) is 0 Å². The molecule has 178 valence electrons. The Morgan fingerprint density at radius 3 is 2.29 bits per heavy atom. The van der Waals surface area contributed by atoms with Crippen molar-refractivity contribution in [3.63, 3.8) is 0 Å². The Balaban J connectivity index is 1.84. The molecule has 0 aliphatic rings. The highest BCUT2D eigenvalue weighted by Gasteiger charge is 2.20. The van der Waals surface area contributed by atoms with Crippen LogP contribution in [0.15, 0.2) is 65.7 Å². The summed E-state index contributed by atoms with van der Waals surface area (Å²) in [6.45, 7) is 1.97. The van der Waals surface area contributed by atoms with Crippen molar-refractivity contribution in [2.45, 2.75) is 19.4 Å². The molecule has 1 aromatic heterocycles. The molecule has 0 saturated carbocycles. The van der Waals surface area contributed by atoms with Gasteiger partial charge in [0.15, 0.2) is 11.5 Å². The van der Waals surface area contributed by atoms with E-state index < -0.39 is 5.91 Å². The molecule has 2 amide bonds. The first kappa shape index (κ1) is 24.9. The summed E-state index contributed by atoms with van der Waals surface area (Å²) < 4.78 is 15.9. The quantitative estimate of drug-likeness (QED) is 0.407. The Morgan fingerprint density at radius 2 is 1.71 bits per heavy atom. The molecule has 0 fully saturated rings. The molecule has 0 saturated heterocycles. The van der Waals surface area contributed by atoms with Crippen LogP contribution in [-0.2, 0) is 4.79 Å². The maximum Gasteiger partial charge on any atom is 0.268 e. The molecule has 0 bridgehead atoms. The third-order valence-electron chi connectivity index (χ3n) is 5.20. The molecule has 0 spiro atoms. The summed E-state index contributed by atoms with van der Waals surface area (Å²) in [5, 5.41) is 7.70. The van der Waals surface area contributed by atoms with Crippen LogP contribution in [0.25, 0.3) is 6.08 Å². The molecule has 8 heteroatoms. The molecule has 0 unspecified atom stereocenters. The molecule has 0 aliphatic heterocycles. The van der Waals surface area contributed by atoms with E-state index in [-0.39, 0.29) is 17.6 Å². The maximum absolute atomic E-state index is 13.3. The maximum atomic E-state index is 13.3. The van der Waals surface area contributed by atoms with Crippen LogP contribution >= 0.6 is 11.3 Å². The van der Waals surface area contributed by atoms with Crippen LogP contribution < -0.4 is 24.8 Å². The fourth-order valence-corrected chi connectivity index (χ4v) is 3.99. The molecule has 34 heavy (non-hydrogen) atoms. The molecule has 2 aromatic carbocycles. The summed E-state index contributed by atoms with van der Waals surface area (Å²) in [5.41, 5.74) is 1.44. The van der Waals surface area contributed by atoms with Crippen LogP contribution in [0.5, 0.6) is 17.2 Å². The molecule has 3 rings (SSSR count). The number of amides is 2. The van der Waals surface area contributed by atoms with Crippen LogP contribution in [-0.4, -0.2) is 33.1 Å². The number of ether oxygens (including phenoxy) is 3. The fraction of sp³-hybridized carbons (Fsp3) is 0.231. The zero-order valence-corrected chi connectivity index (χ0v) is 20.4. The topological polar surface area (TPSA) is 85.9 Å². The van der Waals surface area contributed by atoms with Gasteiger partial charge in [-0.05, 0) is 65.9 Å². The van der Waals surface area contributed by atoms with Gasteiger partial charge in [-0.15, -0.1) is 11.3 Å². The SMILES string of the molecule is CC[C@H](NC(=O)/C(=C/c1cccs1)NC(=O)c1ccc(OC)cc1)c1ccc(OC)c(OC)c1. The largest absolute Gasteiger partial charge is 0.497 e. The number of nitrogens with one attached hydrogen (secondary N) is 2. The van der Waals surface area contributed by atoms with E-state index in [2.05, 4.69) is 10.6 Å². The lowest BCUT2D eigenvalue weighted by Crippen LogP contribution is -2.36. The number of methoxy groups -OCH3 is 3. The Morgan fingerprint density at radius 1 is 0.971 bits per heavy atom. The van der Waals surface area contributed by atoms with Gasteiger partial charge in [0.1, 0.15) is 11.4 Å². The van der Waals surface area contributed by atoms with Crippen molar-refractivity contribution in [1.29, 1.82) is 0 Å². The lowest BCUT2D eigenvalue weighted by Gasteiger charge is -2.20. The number of hydrogen-bond acceptors (Lipinski definition) is 6. The van der Waals surface area contributed by atoms with E-state index in [9.17, 15) is 9.59 Å². The van der Waals surface area contributed by atoms with Gasteiger partial charge >= 0.3 is 0 Å². The molecular formula is C26H28N2O5S. The third kappa shape index (κ3) is 6.17. The lowest BCUT2D eigenvalue weighted by molar-refractivity contribution is -0.118. The van der Waals surface area contributed by atoms with Crippen molar-refractivity contribution >= 4 is 29.2 Å². The fourth-order valence-electron chi connectivity index (χ4n) is 3.34. The van der Waals surface area contributed by atoms with E-state index in [4.69, 9.17) is 14.2 Å². The van der Waals surface area contributed by atoms with Crippen molar-refractivity contribution in [2.24, 2.45) is 0 Å². The lowest BCUT2D eigenvalue weighted by atomic mass is 10.0. The second-order valence-corrected chi connectivity index (χ2v) is 8.28. The molecule has 0 radical (unpaired) electrons. The van der Waals surface area contributed by atoms with E-state index in [0.29, 0.717) is 29.2 Å². The first-order chi connectivity index (χ1) is 16.5. The van der Waals surface area contributed by atoms with Crippen LogP contribution in [0.4, 0.5) is 0 Å². The summed E-state index contributed by atoms with van der Waals surface area (Å²) in [5.74, 6) is 1.05. The number of hydrogen-bond donors (Lipinski definition) is 2. The molecule has 1 heterocycles. The first-order valence-corrected chi connectivity index (χ1v) is 11.6. The van der Waals surface area contributed by atoms with E-state index in [0.717, 1.165) is 10.4 Å². The van der Waals surface area contributed by atoms with Gasteiger partial charge in [0.2, 0.25) is 0 Å². The second kappa shape index (κ2) is 11.9. The van der Waals surface area contributed by atoms with Crippen molar-refractivity contribution in [3.05, 3.63) is 81.7 Å². The predicted octanol–water partition coefficient (Wildman–Crippen LogP) is 4.81. The van der Waals surface area contributed by atoms with E-state index >= 15 is 0 Å². The van der Waals surface area contributed by atoms with E-state index in [1.54, 1.807) is 57.7 Å². The van der Waals surface area contributed by atoms with Gasteiger partial charge in [-0.3, -0.25) is 9.59 Å².